The molecule has 2 aromatic rings. The first kappa shape index (κ1) is 16.2. The number of alkyl halides is 3. The van der Waals surface area contributed by atoms with Crippen LogP contribution in [-0.4, -0.2) is 33.9 Å². The predicted octanol–water partition coefficient (Wildman–Crippen LogP) is 3.48. The van der Waals surface area contributed by atoms with Gasteiger partial charge in [0.25, 0.3) is 5.91 Å². The molecule has 126 valence electrons. The fourth-order valence-corrected chi connectivity index (χ4v) is 2.52. The number of nitrogens with zero attached hydrogens (tertiary/aromatic N) is 3. The summed E-state index contributed by atoms with van der Waals surface area (Å²) in [6.45, 7) is 1.43. The van der Waals surface area contributed by atoms with Crippen molar-refractivity contribution in [1.82, 2.24) is 14.9 Å². The Balaban J connectivity index is 1.73. The summed E-state index contributed by atoms with van der Waals surface area (Å²) in [5.74, 6) is 0.192. The molecule has 0 spiro atoms. The second kappa shape index (κ2) is 6.46. The molecular weight excluding hydrogens is 321 g/mol. The fraction of sp³-hybridized carbons (Fsp3) is 0.312. The van der Waals surface area contributed by atoms with Crippen LogP contribution >= 0.6 is 0 Å². The minimum Gasteiger partial charge on any atom is -0.340 e. The quantitative estimate of drug-likeness (QED) is 0.932. The van der Waals surface area contributed by atoms with E-state index in [0.29, 0.717) is 24.6 Å². The lowest BCUT2D eigenvalue weighted by atomic mass is 10.2. The molecule has 0 aliphatic carbocycles. The van der Waals surface area contributed by atoms with Crippen LogP contribution in [0.4, 0.5) is 24.7 Å². The van der Waals surface area contributed by atoms with E-state index in [2.05, 4.69) is 15.3 Å². The van der Waals surface area contributed by atoms with Gasteiger partial charge in [0.2, 0.25) is 0 Å². The molecule has 0 saturated carbocycles. The highest BCUT2D eigenvalue weighted by atomic mass is 19.4. The number of aromatic nitrogens is 2. The van der Waals surface area contributed by atoms with Crippen molar-refractivity contribution in [3.05, 3.63) is 47.9 Å². The maximum absolute atomic E-state index is 12.6. The van der Waals surface area contributed by atoms with Crippen molar-refractivity contribution in [1.29, 1.82) is 0 Å². The van der Waals surface area contributed by atoms with Crippen molar-refractivity contribution in [3.63, 3.8) is 0 Å². The second-order valence-electron chi connectivity index (χ2n) is 5.49. The summed E-state index contributed by atoms with van der Waals surface area (Å²) in [5, 5.41) is 2.88. The van der Waals surface area contributed by atoms with Crippen molar-refractivity contribution in [2.24, 2.45) is 0 Å². The van der Waals surface area contributed by atoms with Crippen LogP contribution < -0.4 is 5.32 Å². The Morgan fingerprint density at radius 2 is 1.75 bits per heavy atom. The molecule has 8 heteroatoms. The normalized spacial score (nSPS) is 14.7. The van der Waals surface area contributed by atoms with Gasteiger partial charge >= 0.3 is 6.18 Å². The van der Waals surface area contributed by atoms with E-state index >= 15 is 0 Å². The monoisotopic (exact) mass is 336 g/mol. The van der Waals surface area contributed by atoms with E-state index in [1.165, 1.54) is 24.5 Å². The fourth-order valence-electron chi connectivity index (χ4n) is 2.52. The van der Waals surface area contributed by atoms with Gasteiger partial charge in [0, 0.05) is 24.8 Å². The van der Waals surface area contributed by atoms with E-state index in [1.807, 2.05) is 0 Å². The summed E-state index contributed by atoms with van der Waals surface area (Å²) in [6, 6.07) is 6.09. The van der Waals surface area contributed by atoms with Crippen molar-refractivity contribution < 1.29 is 18.0 Å². The first-order valence-corrected chi connectivity index (χ1v) is 7.49. The largest absolute Gasteiger partial charge is 0.416 e. The molecule has 1 amide bonds. The van der Waals surface area contributed by atoms with E-state index in [9.17, 15) is 18.0 Å². The average molecular weight is 336 g/mol. The highest BCUT2D eigenvalue weighted by Gasteiger charge is 2.30. The molecule has 1 N–H and O–H groups in total. The molecule has 1 aromatic carbocycles. The van der Waals surface area contributed by atoms with Gasteiger partial charge < -0.3 is 10.2 Å². The van der Waals surface area contributed by atoms with E-state index in [0.717, 1.165) is 25.0 Å². The standard InChI is InChI=1S/C16H15F3N4O/c17-16(18,19)11-3-5-12(6-4-11)22-14-9-13(20-10-21-14)15(24)23-7-1-2-8-23/h3-6,9-10H,1-2,7-8H2,(H,20,21,22). The molecule has 5 nitrogen and oxygen atoms in total. The van der Waals surface area contributed by atoms with Gasteiger partial charge in [0.1, 0.15) is 17.8 Å². The highest BCUT2D eigenvalue weighted by Crippen LogP contribution is 2.30. The zero-order chi connectivity index (χ0) is 17.2. The summed E-state index contributed by atoms with van der Waals surface area (Å²) in [7, 11) is 0. The van der Waals surface area contributed by atoms with Gasteiger partial charge in [-0.15, -0.1) is 0 Å². The Kier molecular flexibility index (Phi) is 4.37. The number of carbonyl (C=O) groups excluding carboxylic acids is 1. The lowest BCUT2D eigenvalue weighted by Crippen LogP contribution is -2.28. The summed E-state index contributed by atoms with van der Waals surface area (Å²) in [6.07, 6.45) is -1.15. The molecule has 1 aliphatic rings. The van der Waals surface area contributed by atoms with Gasteiger partial charge in [-0.3, -0.25) is 4.79 Å². The highest BCUT2D eigenvalue weighted by molar-refractivity contribution is 5.93. The molecule has 0 unspecified atom stereocenters. The molecule has 1 aromatic heterocycles. The Morgan fingerprint density at radius 1 is 1.08 bits per heavy atom. The lowest BCUT2D eigenvalue weighted by molar-refractivity contribution is -0.137. The van der Waals surface area contributed by atoms with E-state index in [-0.39, 0.29) is 11.6 Å². The van der Waals surface area contributed by atoms with Gasteiger partial charge in [-0.05, 0) is 37.1 Å². The molecule has 0 radical (unpaired) electrons. The third-order valence-electron chi connectivity index (χ3n) is 3.76. The smallest absolute Gasteiger partial charge is 0.340 e. The lowest BCUT2D eigenvalue weighted by Gasteiger charge is -2.15. The van der Waals surface area contributed by atoms with Gasteiger partial charge in [0.05, 0.1) is 5.56 Å². The number of likely N-dealkylation sites (tertiary alicyclic amines) is 1. The number of amides is 1. The summed E-state index contributed by atoms with van der Waals surface area (Å²) < 4.78 is 37.7. The van der Waals surface area contributed by atoms with Crippen molar-refractivity contribution in [2.75, 3.05) is 18.4 Å². The Bertz CT molecular complexity index is 725. The topological polar surface area (TPSA) is 58.1 Å². The van der Waals surface area contributed by atoms with Crippen LogP contribution in [-0.2, 0) is 6.18 Å². The molecule has 1 fully saturated rings. The molecule has 0 atom stereocenters. The van der Waals surface area contributed by atoms with Crippen LogP contribution in [0.5, 0.6) is 0 Å². The van der Waals surface area contributed by atoms with E-state index in [4.69, 9.17) is 0 Å². The van der Waals surface area contributed by atoms with Crippen LogP contribution in [0, 0.1) is 0 Å². The number of halogens is 3. The molecule has 1 aliphatic heterocycles. The van der Waals surface area contributed by atoms with Gasteiger partial charge in [-0.2, -0.15) is 13.2 Å². The number of benzene rings is 1. The number of nitrogens with one attached hydrogen (secondary N) is 1. The Hall–Kier alpha value is -2.64. The third-order valence-corrected chi connectivity index (χ3v) is 3.76. The van der Waals surface area contributed by atoms with Crippen molar-refractivity contribution in [2.45, 2.75) is 19.0 Å². The maximum Gasteiger partial charge on any atom is 0.416 e. The molecule has 0 bridgehead atoms. The summed E-state index contributed by atoms with van der Waals surface area (Å²) >= 11 is 0. The van der Waals surface area contributed by atoms with Gasteiger partial charge in [-0.1, -0.05) is 0 Å². The number of carbonyl (C=O) groups is 1. The zero-order valence-electron chi connectivity index (χ0n) is 12.7. The number of hydrogen-bond acceptors (Lipinski definition) is 4. The SMILES string of the molecule is O=C(c1cc(Nc2ccc(C(F)(F)F)cc2)ncn1)N1CCCC1. The van der Waals surface area contributed by atoms with Crippen LogP contribution in [0.1, 0.15) is 28.9 Å². The Morgan fingerprint density at radius 3 is 2.38 bits per heavy atom. The number of anilines is 2. The minimum atomic E-state index is -4.37. The number of hydrogen-bond donors (Lipinski definition) is 1. The molecule has 24 heavy (non-hydrogen) atoms. The Labute approximate surface area is 136 Å². The zero-order valence-corrected chi connectivity index (χ0v) is 12.7. The van der Waals surface area contributed by atoms with Crippen LogP contribution in [0.2, 0.25) is 0 Å². The van der Waals surface area contributed by atoms with E-state index in [1.54, 1.807) is 4.90 Å². The first-order valence-electron chi connectivity index (χ1n) is 7.49. The third kappa shape index (κ3) is 3.64. The van der Waals surface area contributed by atoms with Gasteiger partial charge in [0.15, 0.2) is 0 Å². The van der Waals surface area contributed by atoms with Crippen LogP contribution in [0.15, 0.2) is 36.7 Å². The van der Waals surface area contributed by atoms with Crippen molar-refractivity contribution in [3.8, 4) is 0 Å². The molecular formula is C16H15F3N4O. The second-order valence-corrected chi connectivity index (χ2v) is 5.49. The van der Waals surface area contributed by atoms with Crippen LogP contribution in [0.3, 0.4) is 0 Å². The number of rotatable bonds is 3. The molecule has 1 saturated heterocycles. The minimum absolute atomic E-state index is 0.162. The molecule has 3 rings (SSSR count). The summed E-state index contributed by atoms with van der Waals surface area (Å²) in [5.41, 5.74) is -0.0109. The predicted molar refractivity (Wildman–Crippen MR) is 81.9 cm³/mol. The average Bonchev–Trinajstić information content (AvgIpc) is 3.08. The summed E-state index contributed by atoms with van der Waals surface area (Å²) in [4.78, 5) is 22.0. The maximum atomic E-state index is 12.6. The molecule has 2 heterocycles. The first-order chi connectivity index (χ1) is 11.4. The van der Waals surface area contributed by atoms with Gasteiger partial charge in [-0.25, -0.2) is 9.97 Å². The van der Waals surface area contributed by atoms with Crippen molar-refractivity contribution >= 4 is 17.4 Å². The van der Waals surface area contributed by atoms with E-state index < -0.39 is 11.7 Å². The van der Waals surface area contributed by atoms with Crippen LogP contribution in [0.25, 0.3) is 0 Å².